The van der Waals surface area contributed by atoms with Gasteiger partial charge in [0.25, 0.3) is 0 Å². The number of ether oxygens (including phenoxy) is 3. The standard InChI is InChI=1S/C68H74BrN7O11/c1-5-70-66(82)61-24-15-33-76(61)67(83)59(34-43(2)3)74-64(80)58(39-48-26-30-50-19-10-12-21-52(50)36-48)72-63(79)57(37-45-27-31-54(32-28-45)87-68(84)86-41-53-22-13-14-23-55(53)69)73-65(81)60(42-85-40-46-16-7-6-8-17-46)75-62(78)56(71-44(4)77)38-47-25-29-49-18-9-11-20-51(49)35-47/h6-14,16-23,25-32,35-36,43,56-61H,5,15,24,33-34,37-42H2,1-4H3,(H,70,82)(H,71,77)(H,72,79)(H,73,81)(H,74,80)(H,75,78)/t56-,57+,58-,59+,60+,61+/m1/s1. The first kappa shape index (κ1) is 64.1. The fourth-order valence-electron chi connectivity index (χ4n) is 10.5. The lowest BCUT2D eigenvalue weighted by Crippen LogP contribution is -2.61. The first-order valence-corrected chi connectivity index (χ1v) is 30.1. The number of carbonyl (C=O) groups excluding carboxylic acids is 8. The number of rotatable bonds is 27. The Morgan fingerprint density at radius 2 is 1.06 bits per heavy atom. The van der Waals surface area contributed by atoms with Gasteiger partial charge in [0, 0.05) is 49.3 Å². The molecule has 6 N–H and O–H groups in total. The van der Waals surface area contributed by atoms with Crippen LogP contribution in [0.3, 0.4) is 0 Å². The molecule has 8 rings (SSSR count). The van der Waals surface area contributed by atoms with E-state index in [4.69, 9.17) is 14.2 Å². The van der Waals surface area contributed by atoms with E-state index in [0.717, 1.165) is 42.7 Å². The van der Waals surface area contributed by atoms with Crippen LogP contribution in [-0.2, 0) is 75.5 Å². The summed E-state index contributed by atoms with van der Waals surface area (Å²) in [4.78, 5) is 115. The van der Waals surface area contributed by atoms with E-state index in [2.05, 4.69) is 47.8 Å². The van der Waals surface area contributed by atoms with Crippen LogP contribution in [0.25, 0.3) is 21.5 Å². The first-order valence-electron chi connectivity index (χ1n) is 29.3. The third kappa shape index (κ3) is 18.8. The van der Waals surface area contributed by atoms with Crippen molar-refractivity contribution < 1.29 is 52.6 Å². The van der Waals surface area contributed by atoms with E-state index in [9.17, 15) is 24.0 Å². The van der Waals surface area contributed by atoms with Gasteiger partial charge in [-0.3, -0.25) is 33.6 Å². The molecule has 1 aliphatic rings. The molecule has 7 amide bonds. The molecule has 0 radical (unpaired) electrons. The van der Waals surface area contributed by atoms with Crippen molar-refractivity contribution in [2.75, 3.05) is 19.7 Å². The molecule has 19 heteroatoms. The third-order valence-corrected chi connectivity index (χ3v) is 15.6. The van der Waals surface area contributed by atoms with E-state index in [-0.39, 0.29) is 63.1 Å². The highest BCUT2D eigenvalue weighted by Gasteiger charge is 2.39. The summed E-state index contributed by atoms with van der Waals surface area (Å²) in [6, 6.07) is 42.3. The van der Waals surface area contributed by atoms with Crippen LogP contribution in [0.4, 0.5) is 4.79 Å². The molecule has 1 heterocycles. The minimum atomic E-state index is -1.46. The smallest absolute Gasteiger partial charge is 0.429 e. The first-order chi connectivity index (χ1) is 42.0. The van der Waals surface area contributed by atoms with Gasteiger partial charge in [0.2, 0.25) is 41.4 Å². The number of nitrogens with one attached hydrogen (secondary N) is 6. The number of likely N-dealkylation sites (tertiary alicyclic amines) is 1. The van der Waals surface area contributed by atoms with Gasteiger partial charge in [0.1, 0.15) is 48.6 Å². The van der Waals surface area contributed by atoms with Gasteiger partial charge in [0.15, 0.2) is 0 Å². The van der Waals surface area contributed by atoms with Crippen LogP contribution in [0.2, 0.25) is 0 Å². The lowest BCUT2D eigenvalue weighted by atomic mass is 9.98. The van der Waals surface area contributed by atoms with Crippen molar-refractivity contribution in [2.45, 2.75) is 116 Å². The Labute approximate surface area is 515 Å². The molecule has 0 spiro atoms. The molecule has 18 nitrogen and oxygen atoms in total. The summed E-state index contributed by atoms with van der Waals surface area (Å²) >= 11 is 3.45. The highest BCUT2D eigenvalue weighted by molar-refractivity contribution is 9.10. The summed E-state index contributed by atoms with van der Waals surface area (Å²) in [5.74, 6) is -4.14. The number of hydrogen-bond acceptors (Lipinski definition) is 11. The van der Waals surface area contributed by atoms with Crippen molar-refractivity contribution in [3.05, 3.63) is 196 Å². The third-order valence-electron chi connectivity index (χ3n) is 14.9. The normalized spacial score (nSPS) is 14.6. The number of amides is 7. The van der Waals surface area contributed by atoms with Crippen molar-refractivity contribution in [3.8, 4) is 5.75 Å². The summed E-state index contributed by atoms with van der Waals surface area (Å²) in [6.07, 6.45) is 0.164. The summed E-state index contributed by atoms with van der Waals surface area (Å²) < 4.78 is 17.7. The van der Waals surface area contributed by atoms with Crippen LogP contribution in [-0.4, -0.2) is 108 Å². The molecule has 1 aliphatic heterocycles. The number of nitrogens with zero attached hydrogens (tertiary/aromatic N) is 1. The van der Waals surface area contributed by atoms with Gasteiger partial charge in [-0.15, -0.1) is 0 Å². The lowest BCUT2D eigenvalue weighted by molar-refractivity contribution is -0.142. The van der Waals surface area contributed by atoms with Gasteiger partial charge in [-0.2, -0.15) is 0 Å². The largest absolute Gasteiger partial charge is 0.514 e. The molecule has 0 aliphatic carbocycles. The minimum absolute atomic E-state index is 0.0476. The van der Waals surface area contributed by atoms with E-state index in [0.29, 0.717) is 37.1 Å². The maximum atomic E-state index is 15.3. The average Bonchev–Trinajstić information content (AvgIpc) is 4.17. The second kappa shape index (κ2) is 31.4. The van der Waals surface area contributed by atoms with Gasteiger partial charge in [-0.1, -0.05) is 175 Å². The maximum Gasteiger partial charge on any atom is 0.514 e. The monoisotopic (exact) mass is 1240 g/mol. The molecule has 0 bridgehead atoms. The molecule has 6 atom stereocenters. The Hall–Kier alpha value is -8.94. The molecule has 0 aromatic heterocycles. The number of carbonyl (C=O) groups is 8. The summed E-state index contributed by atoms with van der Waals surface area (Å²) in [5.41, 5.74) is 3.42. The zero-order chi connectivity index (χ0) is 61.8. The maximum absolute atomic E-state index is 15.3. The number of fused-ring (bicyclic) bond motifs is 2. The summed E-state index contributed by atoms with van der Waals surface area (Å²) in [7, 11) is 0. The molecule has 87 heavy (non-hydrogen) atoms. The molecule has 1 fully saturated rings. The SMILES string of the molecule is CCNC(=O)[C@@H]1CCCN1C(=O)[C@H](CC(C)C)NC(=O)[C@@H](Cc1ccc2ccccc2c1)NC(=O)[C@H](Cc1ccc(OC(=O)OCc2ccccc2Br)cc1)NC(=O)[C@H](COCc1ccccc1)NC(=O)[C@@H](Cc1ccc2ccccc2c1)NC(C)=O. The molecular formula is C68H74BrN7O11. The van der Waals surface area contributed by atoms with Crippen LogP contribution in [0.1, 0.15) is 74.8 Å². The van der Waals surface area contributed by atoms with E-state index in [1.54, 1.807) is 25.1 Å². The molecule has 7 aromatic carbocycles. The Morgan fingerprint density at radius 1 is 0.552 bits per heavy atom. The van der Waals surface area contributed by atoms with Crippen LogP contribution in [0, 0.1) is 5.92 Å². The Balaban J connectivity index is 1.10. The van der Waals surface area contributed by atoms with Crippen molar-refractivity contribution in [1.29, 1.82) is 0 Å². The van der Waals surface area contributed by atoms with E-state index in [1.165, 1.54) is 24.0 Å². The molecule has 7 aromatic rings. The van der Waals surface area contributed by atoms with Gasteiger partial charge in [-0.05, 0) is 94.1 Å². The molecule has 0 unspecified atom stereocenters. The topological polar surface area (TPSA) is 240 Å². The number of likely N-dealkylation sites (N-methyl/N-ethyl adjacent to an activating group) is 1. The fraction of sp³-hybridized carbons (Fsp3) is 0.324. The predicted octanol–water partition coefficient (Wildman–Crippen LogP) is 8.33. The molecule has 1 saturated heterocycles. The van der Waals surface area contributed by atoms with Gasteiger partial charge < -0.3 is 51.0 Å². The predicted molar refractivity (Wildman–Crippen MR) is 335 cm³/mol. The second-order valence-corrected chi connectivity index (χ2v) is 22.9. The fourth-order valence-corrected chi connectivity index (χ4v) is 10.9. The molecule has 0 saturated carbocycles. The Kier molecular flexibility index (Phi) is 23.2. The van der Waals surface area contributed by atoms with Gasteiger partial charge in [0.05, 0.1) is 13.2 Å². The Morgan fingerprint density at radius 3 is 1.63 bits per heavy atom. The van der Waals surface area contributed by atoms with Crippen molar-refractivity contribution in [3.63, 3.8) is 0 Å². The van der Waals surface area contributed by atoms with Crippen molar-refractivity contribution >= 4 is 85.0 Å². The zero-order valence-corrected chi connectivity index (χ0v) is 50.8. The minimum Gasteiger partial charge on any atom is -0.429 e. The van der Waals surface area contributed by atoms with Crippen LogP contribution in [0.15, 0.2) is 168 Å². The van der Waals surface area contributed by atoms with Gasteiger partial charge >= 0.3 is 6.16 Å². The lowest BCUT2D eigenvalue weighted by Gasteiger charge is -2.31. The average molecular weight is 1250 g/mol. The Bertz CT molecular complexity index is 3550. The number of hydrogen-bond donors (Lipinski definition) is 6. The molecule has 454 valence electrons. The van der Waals surface area contributed by atoms with Crippen LogP contribution >= 0.6 is 15.9 Å². The summed E-state index contributed by atoms with van der Waals surface area (Å²) in [5, 5.41) is 20.9. The highest BCUT2D eigenvalue weighted by atomic mass is 79.9. The van der Waals surface area contributed by atoms with Crippen LogP contribution in [0.5, 0.6) is 5.75 Å². The summed E-state index contributed by atoms with van der Waals surface area (Å²) in [6.45, 7) is 7.26. The molecular weight excluding hydrogens is 1170 g/mol. The van der Waals surface area contributed by atoms with Crippen molar-refractivity contribution in [2.24, 2.45) is 5.92 Å². The number of benzene rings is 7. The highest BCUT2D eigenvalue weighted by Crippen LogP contribution is 2.24. The van der Waals surface area contributed by atoms with Gasteiger partial charge in [-0.25, -0.2) is 4.79 Å². The van der Waals surface area contributed by atoms with E-state index < -0.39 is 77.8 Å². The zero-order valence-electron chi connectivity index (χ0n) is 49.2. The van der Waals surface area contributed by atoms with E-state index >= 15 is 14.4 Å². The number of halogens is 1. The van der Waals surface area contributed by atoms with E-state index in [1.807, 2.05) is 147 Å². The second-order valence-electron chi connectivity index (χ2n) is 22.1. The quantitative estimate of drug-likeness (QED) is 0.0211. The van der Waals surface area contributed by atoms with Crippen molar-refractivity contribution in [1.82, 2.24) is 36.8 Å². The van der Waals surface area contributed by atoms with Crippen LogP contribution < -0.4 is 36.6 Å².